The second kappa shape index (κ2) is 21.9. The highest BCUT2D eigenvalue weighted by Crippen LogP contribution is 2.27. The molecule has 0 bridgehead atoms. The number of aromatic amines is 2. The van der Waals surface area contributed by atoms with Crippen LogP contribution >= 0.6 is 0 Å². The lowest BCUT2D eigenvalue weighted by atomic mass is 10.0. The van der Waals surface area contributed by atoms with Crippen LogP contribution in [0.5, 0.6) is 5.75 Å². The van der Waals surface area contributed by atoms with Gasteiger partial charge in [-0.3, -0.25) is 0 Å². The van der Waals surface area contributed by atoms with Crippen molar-refractivity contribution in [1.29, 1.82) is 0 Å². The number of fused-ring (bicyclic) bond motifs is 2. The fraction of sp³-hybridized carbons (Fsp3) is 0.318. The van der Waals surface area contributed by atoms with Gasteiger partial charge in [-0.15, -0.1) is 0 Å². The molecular weight excluding hydrogens is 907 g/mol. The number of hydrogen-bond acceptors (Lipinski definition) is 14. The van der Waals surface area contributed by atoms with E-state index in [9.17, 15) is 26.4 Å². The second-order valence-corrected chi connectivity index (χ2v) is 19.1. The highest BCUT2D eigenvalue weighted by molar-refractivity contribution is 7.89. The van der Waals surface area contributed by atoms with E-state index in [0.717, 1.165) is 24.8 Å². The molecule has 0 saturated carbocycles. The molecule has 2 atom stereocenters. The molecule has 67 heavy (non-hydrogen) atoms. The third-order valence-electron chi connectivity index (χ3n) is 10.9. The number of piperidine rings is 2. The van der Waals surface area contributed by atoms with Gasteiger partial charge in [0.05, 0.1) is 47.1 Å². The zero-order chi connectivity index (χ0) is 47.4. The summed E-state index contributed by atoms with van der Waals surface area (Å²) < 4.78 is 65.8. The van der Waals surface area contributed by atoms with E-state index >= 15 is 0 Å². The monoisotopic (exact) mass is 957 g/mol. The number of para-hydroxylation sites is 4. The molecule has 2 unspecified atom stereocenters. The van der Waals surface area contributed by atoms with Crippen molar-refractivity contribution in [2.45, 2.75) is 73.9 Å². The van der Waals surface area contributed by atoms with Crippen LogP contribution in [-0.2, 0) is 47.4 Å². The van der Waals surface area contributed by atoms with E-state index in [1.807, 2.05) is 30.3 Å². The SMILES string of the molecule is N/C(=N\O)C1CCCCN1S(=O)(=O)c1nc2ccccc2[nH]1.N/C(=N\OC(=O)Cc1ccc(OCCNC(=O)OCc2ccccc2)cc1)C1CCCCN1S(=O)(=O)c1nc2ccccc2[nH]1. The number of carbonyl (C=O) groups excluding carboxylic acids is 2. The number of rotatable bonds is 15. The number of nitrogens with one attached hydrogen (secondary N) is 3. The Balaban J connectivity index is 0.000000252. The molecule has 0 radical (unpaired) electrons. The van der Waals surface area contributed by atoms with Gasteiger partial charge in [0, 0.05) is 13.1 Å². The van der Waals surface area contributed by atoms with Gasteiger partial charge in [-0.05, 0) is 73.2 Å². The zero-order valence-corrected chi connectivity index (χ0v) is 37.9. The fourth-order valence-corrected chi connectivity index (χ4v) is 10.7. The highest BCUT2D eigenvalue weighted by Gasteiger charge is 2.39. The Morgan fingerprint density at radius 2 is 1.25 bits per heavy atom. The predicted octanol–water partition coefficient (Wildman–Crippen LogP) is 4.32. The van der Waals surface area contributed by atoms with Crippen LogP contribution in [0.25, 0.3) is 22.1 Å². The second-order valence-electron chi connectivity index (χ2n) is 15.5. The van der Waals surface area contributed by atoms with Gasteiger partial charge in [0.1, 0.15) is 19.0 Å². The molecule has 8 N–H and O–H groups in total. The maximum Gasteiger partial charge on any atom is 0.407 e. The Labute approximate surface area is 386 Å². The Bertz CT molecular complexity index is 2860. The van der Waals surface area contributed by atoms with Crippen molar-refractivity contribution >= 4 is 65.8 Å². The van der Waals surface area contributed by atoms with E-state index in [1.54, 1.807) is 72.8 Å². The number of amides is 1. The number of imidazole rings is 2. The number of alkyl carbamates (subject to hydrolysis) is 1. The molecule has 354 valence electrons. The Morgan fingerprint density at radius 1 is 0.716 bits per heavy atom. The van der Waals surface area contributed by atoms with Crippen LogP contribution in [0.4, 0.5) is 4.79 Å². The molecule has 4 heterocycles. The summed E-state index contributed by atoms with van der Waals surface area (Å²) in [5.74, 6) is -0.312. The van der Waals surface area contributed by atoms with Crippen LogP contribution in [0.15, 0.2) is 124 Å². The normalized spacial score (nSPS) is 17.6. The predicted molar refractivity (Wildman–Crippen MR) is 247 cm³/mol. The molecule has 0 spiro atoms. The van der Waals surface area contributed by atoms with Gasteiger partial charge in [0.15, 0.2) is 11.7 Å². The van der Waals surface area contributed by atoms with Crippen LogP contribution in [0.3, 0.4) is 0 Å². The lowest BCUT2D eigenvalue weighted by Crippen LogP contribution is -2.50. The molecule has 2 saturated heterocycles. The summed E-state index contributed by atoms with van der Waals surface area (Å²) in [6.45, 7) is 1.20. The van der Waals surface area contributed by atoms with E-state index < -0.39 is 44.2 Å². The molecule has 2 aromatic heterocycles. The van der Waals surface area contributed by atoms with Gasteiger partial charge < -0.3 is 46.3 Å². The molecule has 21 nitrogen and oxygen atoms in total. The zero-order valence-electron chi connectivity index (χ0n) is 36.2. The number of amidine groups is 2. The number of aromatic nitrogens is 4. The summed E-state index contributed by atoms with van der Waals surface area (Å²) >= 11 is 0. The van der Waals surface area contributed by atoms with Gasteiger partial charge in [0.2, 0.25) is 10.3 Å². The Hall–Kier alpha value is -7.08. The molecular formula is C44H51N11O10S2. The summed E-state index contributed by atoms with van der Waals surface area (Å²) in [4.78, 5) is 43.5. The van der Waals surface area contributed by atoms with Crippen molar-refractivity contribution < 1.29 is 45.9 Å². The number of sulfonamides is 2. The van der Waals surface area contributed by atoms with Crippen LogP contribution in [-0.4, -0.2) is 113 Å². The van der Waals surface area contributed by atoms with E-state index in [2.05, 4.69) is 35.6 Å². The molecule has 23 heteroatoms. The van der Waals surface area contributed by atoms with Gasteiger partial charge in [-0.1, -0.05) is 89.9 Å². The van der Waals surface area contributed by atoms with Crippen molar-refractivity contribution in [3.63, 3.8) is 0 Å². The smallest absolute Gasteiger partial charge is 0.407 e. The fourth-order valence-electron chi connectivity index (χ4n) is 7.53. The first-order valence-electron chi connectivity index (χ1n) is 21.4. The number of ether oxygens (including phenoxy) is 2. The largest absolute Gasteiger partial charge is 0.492 e. The summed E-state index contributed by atoms with van der Waals surface area (Å²) in [6, 6.07) is 28.9. The molecule has 4 aromatic carbocycles. The maximum atomic E-state index is 13.4. The van der Waals surface area contributed by atoms with Crippen LogP contribution < -0.4 is 21.5 Å². The van der Waals surface area contributed by atoms with Gasteiger partial charge >= 0.3 is 12.1 Å². The van der Waals surface area contributed by atoms with Gasteiger partial charge in [-0.2, -0.15) is 8.61 Å². The third kappa shape index (κ3) is 12.0. The summed E-state index contributed by atoms with van der Waals surface area (Å²) in [5, 5.41) is 18.0. The van der Waals surface area contributed by atoms with Crippen molar-refractivity contribution in [3.8, 4) is 5.75 Å². The molecule has 2 fully saturated rings. The minimum atomic E-state index is -4.01. The first kappa shape index (κ1) is 47.9. The van der Waals surface area contributed by atoms with Gasteiger partial charge in [-0.25, -0.2) is 36.4 Å². The number of H-pyrrole nitrogens is 2. The molecule has 8 rings (SSSR count). The summed E-state index contributed by atoms with van der Waals surface area (Å²) in [7, 11) is -7.84. The average Bonchev–Trinajstić information content (AvgIpc) is 4.01. The first-order chi connectivity index (χ1) is 32.3. The maximum absolute atomic E-state index is 13.4. The topological polar surface area (TPSA) is 303 Å². The van der Waals surface area contributed by atoms with E-state index in [1.165, 1.54) is 8.61 Å². The quantitative estimate of drug-likeness (QED) is 0.0209. The molecule has 0 aliphatic carbocycles. The molecule has 1 amide bonds. The first-order valence-corrected chi connectivity index (χ1v) is 24.3. The summed E-state index contributed by atoms with van der Waals surface area (Å²) in [6.07, 6.45) is 3.28. The minimum Gasteiger partial charge on any atom is -0.492 e. The molecule has 2 aliphatic rings. The minimum absolute atomic E-state index is 0.0858. The standard InChI is InChI=1S/C31H34N6O7S.C13H17N5O3S/c32-29(27-12-6-7-18-37(27)45(40,41)30-34-25-10-4-5-11-26(25)35-30)36-44-28(38)20-22-13-15-24(16-14-22)42-19-17-33-31(39)43-21-23-8-2-1-3-9-23;14-12(17-19)11-7-3-4-8-18(11)22(20,21)13-15-9-5-1-2-6-10(9)16-13/h1-5,8-11,13-16,27H,6-7,12,17-21H2,(H2,32,36)(H,33,39)(H,34,35);1-2,5-6,11,19H,3-4,7-8H2,(H2,14,17)(H,15,16). The number of benzene rings is 4. The molecule has 6 aromatic rings. The highest BCUT2D eigenvalue weighted by atomic mass is 32.2. The summed E-state index contributed by atoms with van der Waals surface area (Å²) in [5.41, 5.74) is 15.7. The number of carbonyl (C=O) groups is 2. The Morgan fingerprint density at radius 3 is 1.81 bits per heavy atom. The van der Waals surface area contributed by atoms with E-state index in [0.29, 0.717) is 59.2 Å². The van der Waals surface area contributed by atoms with Crippen molar-refractivity contribution in [2.24, 2.45) is 21.8 Å². The van der Waals surface area contributed by atoms with E-state index in [-0.39, 0.29) is 54.7 Å². The number of hydrogen-bond donors (Lipinski definition) is 6. The van der Waals surface area contributed by atoms with Crippen molar-refractivity contribution in [1.82, 2.24) is 33.9 Å². The van der Waals surface area contributed by atoms with Crippen LogP contribution in [0.2, 0.25) is 0 Å². The average molecular weight is 958 g/mol. The van der Waals surface area contributed by atoms with Gasteiger partial charge in [0.25, 0.3) is 20.0 Å². The number of oxime groups is 2. The van der Waals surface area contributed by atoms with Crippen molar-refractivity contribution in [3.05, 3.63) is 114 Å². The van der Waals surface area contributed by atoms with E-state index in [4.69, 9.17) is 31.0 Å². The van der Waals surface area contributed by atoms with Crippen molar-refractivity contribution in [2.75, 3.05) is 26.2 Å². The lowest BCUT2D eigenvalue weighted by molar-refractivity contribution is -0.142. The van der Waals surface area contributed by atoms with Crippen LogP contribution in [0.1, 0.15) is 49.7 Å². The third-order valence-corrected chi connectivity index (χ3v) is 14.4. The molecule has 2 aliphatic heterocycles. The lowest BCUT2D eigenvalue weighted by Gasteiger charge is -2.32. The Kier molecular flexibility index (Phi) is 15.7. The van der Waals surface area contributed by atoms with Crippen LogP contribution in [0, 0.1) is 0 Å². The number of nitrogens with two attached hydrogens (primary N) is 2. The number of nitrogens with zero attached hydrogens (tertiary/aromatic N) is 6.